The monoisotopic (exact) mass is 180 g/mol. The van der Waals surface area contributed by atoms with Gasteiger partial charge in [-0.3, -0.25) is 0 Å². The number of nitrogens with zero attached hydrogens (tertiary/aromatic N) is 3. The standard InChI is InChI=1S/C9H16N4/c1-3-8-4-9-12(2)5-7(10)6-13(9)11-8/h4,7H,3,5-6,10H2,1-2H3. The summed E-state index contributed by atoms with van der Waals surface area (Å²) in [5.74, 6) is 1.19. The Labute approximate surface area is 78.3 Å². The lowest BCUT2D eigenvalue weighted by Crippen LogP contribution is -2.44. The first-order valence-corrected chi connectivity index (χ1v) is 4.74. The largest absolute Gasteiger partial charge is 0.358 e. The van der Waals surface area contributed by atoms with Crippen LogP contribution in [0.1, 0.15) is 12.6 Å². The predicted octanol–water partition coefficient (Wildman–Crippen LogP) is 0.223. The summed E-state index contributed by atoms with van der Waals surface area (Å²) >= 11 is 0. The second-order valence-electron chi connectivity index (χ2n) is 3.67. The molecule has 0 saturated carbocycles. The zero-order valence-electron chi connectivity index (χ0n) is 8.20. The molecule has 0 fully saturated rings. The molecule has 1 aliphatic heterocycles. The van der Waals surface area contributed by atoms with E-state index in [2.05, 4.69) is 30.0 Å². The number of rotatable bonds is 1. The summed E-state index contributed by atoms with van der Waals surface area (Å²) in [6.07, 6.45) is 0.989. The highest BCUT2D eigenvalue weighted by atomic mass is 15.4. The second-order valence-corrected chi connectivity index (χ2v) is 3.67. The molecule has 0 bridgehead atoms. The molecule has 4 nitrogen and oxygen atoms in total. The highest BCUT2D eigenvalue weighted by molar-refractivity contribution is 5.41. The van der Waals surface area contributed by atoms with Gasteiger partial charge in [-0.1, -0.05) is 6.92 Å². The molecule has 1 aromatic heterocycles. The Balaban J connectivity index is 2.35. The number of nitrogens with two attached hydrogens (primary N) is 1. The van der Waals surface area contributed by atoms with E-state index in [1.165, 1.54) is 5.82 Å². The topological polar surface area (TPSA) is 47.1 Å². The molecule has 2 heterocycles. The first-order chi connectivity index (χ1) is 6.20. The van der Waals surface area contributed by atoms with Crippen molar-refractivity contribution < 1.29 is 0 Å². The van der Waals surface area contributed by atoms with Crippen molar-refractivity contribution >= 4 is 5.82 Å². The van der Waals surface area contributed by atoms with Gasteiger partial charge in [0.15, 0.2) is 0 Å². The van der Waals surface area contributed by atoms with E-state index in [1.54, 1.807) is 0 Å². The van der Waals surface area contributed by atoms with Gasteiger partial charge in [0.2, 0.25) is 0 Å². The fourth-order valence-electron chi connectivity index (χ4n) is 1.80. The van der Waals surface area contributed by atoms with E-state index in [-0.39, 0.29) is 6.04 Å². The number of hydrogen-bond acceptors (Lipinski definition) is 3. The lowest BCUT2D eigenvalue weighted by Gasteiger charge is -2.29. The molecule has 72 valence electrons. The number of anilines is 1. The molecule has 1 aromatic rings. The van der Waals surface area contributed by atoms with Crippen molar-refractivity contribution in [1.82, 2.24) is 9.78 Å². The van der Waals surface area contributed by atoms with Crippen LogP contribution in [0, 0.1) is 0 Å². The third-order valence-corrected chi connectivity index (χ3v) is 2.48. The molecule has 0 aromatic carbocycles. The minimum absolute atomic E-state index is 0.210. The fraction of sp³-hybridized carbons (Fsp3) is 0.667. The Bertz CT molecular complexity index is 305. The maximum absolute atomic E-state index is 5.89. The highest BCUT2D eigenvalue weighted by Gasteiger charge is 2.20. The van der Waals surface area contributed by atoms with Gasteiger partial charge < -0.3 is 10.6 Å². The number of likely N-dealkylation sites (N-methyl/N-ethyl adjacent to an activating group) is 1. The lowest BCUT2D eigenvalue weighted by atomic mass is 10.2. The van der Waals surface area contributed by atoms with Gasteiger partial charge in [-0.15, -0.1) is 0 Å². The SMILES string of the molecule is CCc1cc2n(n1)CC(N)CN2C. The molecule has 0 radical (unpaired) electrons. The number of fused-ring (bicyclic) bond motifs is 1. The van der Waals surface area contributed by atoms with Crippen LogP contribution in [-0.2, 0) is 13.0 Å². The predicted molar refractivity (Wildman–Crippen MR) is 52.9 cm³/mol. The van der Waals surface area contributed by atoms with Crippen LogP contribution in [0.5, 0.6) is 0 Å². The Morgan fingerprint density at radius 1 is 1.62 bits per heavy atom. The molecule has 0 amide bonds. The minimum atomic E-state index is 0.210. The van der Waals surface area contributed by atoms with Gasteiger partial charge in [-0.2, -0.15) is 5.10 Å². The first kappa shape index (κ1) is 8.56. The third kappa shape index (κ3) is 1.42. The van der Waals surface area contributed by atoms with Crippen LogP contribution in [0.3, 0.4) is 0 Å². The molecular formula is C9H16N4. The quantitative estimate of drug-likeness (QED) is 0.672. The van der Waals surface area contributed by atoms with Crippen LogP contribution in [0.2, 0.25) is 0 Å². The summed E-state index contributed by atoms with van der Waals surface area (Å²) in [6, 6.07) is 2.36. The van der Waals surface area contributed by atoms with Gasteiger partial charge in [0.05, 0.1) is 12.2 Å². The van der Waals surface area contributed by atoms with Gasteiger partial charge in [0, 0.05) is 25.7 Å². The second kappa shape index (κ2) is 3.03. The molecule has 1 unspecified atom stereocenters. The van der Waals surface area contributed by atoms with Gasteiger partial charge in [0.25, 0.3) is 0 Å². The summed E-state index contributed by atoms with van der Waals surface area (Å²) in [7, 11) is 2.06. The van der Waals surface area contributed by atoms with E-state index < -0.39 is 0 Å². The zero-order valence-corrected chi connectivity index (χ0v) is 8.20. The van der Waals surface area contributed by atoms with Gasteiger partial charge >= 0.3 is 0 Å². The Hall–Kier alpha value is -1.03. The van der Waals surface area contributed by atoms with Crippen LogP contribution in [0.15, 0.2) is 6.07 Å². The summed E-state index contributed by atoms with van der Waals surface area (Å²) in [5.41, 5.74) is 7.04. The maximum Gasteiger partial charge on any atom is 0.126 e. The molecular weight excluding hydrogens is 164 g/mol. The Kier molecular flexibility index (Phi) is 2.00. The van der Waals surface area contributed by atoms with Crippen molar-refractivity contribution in [3.8, 4) is 0 Å². The lowest BCUT2D eigenvalue weighted by molar-refractivity contribution is 0.469. The number of hydrogen-bond donors (Lipinski definition) is 1. The van der Waals surface area contributed by atoms with E-state index >= 15 is 0 Å². The molecule has 2 N–H and O–H groups in total. The van der Waals surface area contributed by atoms with Crippen LogP contribution < -0.4 is 10.6 Å². The Morgan fingerprint density at radius 2 is 2.38 bits per heavy atom. The minimum Gasteiger partial charge on any atom is -0.358 e. The molecule has 0 saturated heterocycles. The van der Waals surface area contributed by atoms with Crippen molar-refractivity contribution in [2.45, 2.75) is 25.9 Å². The summed E-state index contributed by atoms with van der Waals surface area (Å²) in [5, 5.41) is 4.47. The molecule has 2 rings (SSSR count). The van der Waals surface area contributed by atoms with E-state index in [0.29, 0.717) is 0 Å². The van der Waals surface area contributed by atoms with E-state index in [0.717, 1.165) is 25.2 Å². The highest BCUT2D eigenvalue weighted by Crippen LogP contribution is 2.19. The van der Waals surface area contributed by atoms with Gasteiger partial charge in [-0.05, 0) is 6.42 Å². The van der Waals surface area contributed by atoms with Crippen LogP contribution in [-0.4, -0.2) is 29.4 Å². The Morgan fingerprint density at radius 3 is 3.08 bits per heavy atom. The molecule has 4 heteroatoms. The van der Waals surface area contributed by atoms with Crippen LogP contribution in [0.25, 0.3) is 0 Å². The molecule has 1 atom stereocenters. The van der Waals surface area contributed by atoms with Crippen molar-refractivity contribution in [2.24, 2.45) is 5.73 Å². The zero-order chi connectivity index (χ0) is 9.42. The molecule has 0 aliphatic carbocycles. The fourth-order valence-corrected chi connectivity index (χ4v) is 1.80. The number of aryl methyl sites for hydroxylation is 1. The third-order valence-electron chi connectivity index (χ3n) is 2.48. The van der Waals surface area contributed by atoms with Crippen molar-refractivity contribution in [3.63, 3.8) is 0 Å². The number of aromatic nitrogens is 2. The average Bonchev–Trinajstić information content (AvgIpc) is 2.47. The molecule has 13 heavy (non-hydrogen) atoms. The molecule has 0 spiro atoms. The smallest absolute Gasteiger partial charge is 0.126 e. The van der Waals surface area contributed by atoms with Crippen LogP contribution in [0.4, 0.5) is 5.82 Å². The first-order valence-electron chi connectivity index (χ1n) is 4.74. The van der Waals surface area contributed by atoms with Crippen molar-refractivity contribution in [3.05, 3.63) is 11.8 Å². The van der Waals surface area contributed by atoms with Crippen molar-refractivity contribution in [2.75, 3.05) is 18.5 Å². The van der Waals surface area contributed by atoms with Crippen LogP contribution >= 0.6 is 0 Å². The summed E-state index contributed by atoms with van der Waals surface area (Å²) < 4.78 is 2.01. The summed E-state index contributed by atoms with van der Waals surface area (Å²) in [6.45, 7) is 3.89. The maximum atomic E-state index is 5.89. The van der Waals surface area contributed by atoms with Gasteiger partial charge in [0.1, 0.15) is 5.82 Å². The van der Waals surface area contributed by atoms with E-state index in [4.69, 9.17) is 5.73 Å². The normalized spacial score (nSPS) is 21.8. The average molecular weight is 180 g/mol. The van der Waals surface area contributed by atoms with Crippen molar-refractivity contribution in [1.29, 1.82) is 0 Å². The van der Waals surface area contributed by atoms with E-state index in [9.17, 15) is 0 Å². The van der Waals surface area contributed by atoms with Gasteiger partial charge in [-0.25, -0.2) is 4.68 Å². The summed E-state index contributed by atoms with van der Waals surface area (Å²) in [4.78, 5) is 2.17. The molecule has 1 aliphatic rings. The van der Waals surface area contributed by atoms with E-state index in [1.807, 2.05) is 4.68 Å².